The van der Waals surface area contributed by atoms with Gasteiger partial charge in [0, 0.05) is 26.2 Å². The Bertz CT molecular complexity index is 427. The van der Waals surface area contributed by atoms with E-state index in [0.29, 0.717) is 6.54 Å². The molecule has 0 aromatic carbocycles. The summed E-state index contributed by atoms with van der Waals surface area (Å²) in [4.78, 5) is 9.92. The molecule has 0 aromatic rings. The molecule has 3 aliphatic rings. The maximum Gasteiger partial charge on any atom is 0.194 e. The molecule has 3 fully saturated rings. The minimum Gasteiger partial charge on any atom is -0.388 e. The molecule has 2 saturated heterocycles. The van der Waals surface area contributed by atoms with Crippen molar-refractivity contribution in [2.24, 2.45) is 10.9 Å². The van der Waals surface area contributed by atoms with Gasteiger partial charge in [0.25, 0.3) is 0 Å². The highest BCUT2D eigenvalue weighted by Gasteiger charge is 2.31. The van der Waals surface area contributed by atoms with Crippen LogP contribution in [-0.2, 0) is 0 Å². The number of piperidine rings is 1. The molecule has 1 saturated carbocycles. The van der Waals surface area contributed by atoms with E-state index in [9.17, 15) is 5.11 Å². The fourth-order valence-corrected chi connectivity index (χ4v) is 4.70. The van der Waals surface area contributed by atoms with E-state index in [0.717, 1.165) is 57.2 Å². The van der Waals surface area contributed by atoms with Gasteiger partial charge in [0.05, 0.1) is 12.1 Å². The van der Waals surface area contributed by atoms with Crippen LogP contribution in [0.2, 0.25) is 0 Å². The second kappa shape index (κ2) is 9.22. The molecule has 3 rings (SSSR count). The Kier molecular flexibility index (Phi) is 7.00. The predicted octanol–water partition coefficient (Wildman–Crippen LogP) is 2.45. The molecular weight excluding hydrogens is 312 g/mol. The van der Waals surface area contributed by atoms with Crippen molar-refractivity contribution in [1.82, 2.24) is 15.1 Å². The van der Waals surface area contributed by atoms with Crippen molar-refractivity contribution in [2.75, 3.05) is 45.8 Å². The van der Waals surface area contributed by atoms with E-state index in [1.54, 1.807) is 0 Å². The molecule has 5 nitrogen and oxygen atoms in total. The summed E-state index contributed by atoms with van der Waals surface area (Å²) in [6.45, 7) is 9.62. The fraction of sp³-hybridized carbons (Fsp3) is 0.950. The van der Waals surface area contributed by atoms with Gasteiger partial charge in [0.2, 0.25) is 0 Å². The monoisotopic (exact) mass is 350 g/mol. The number of guanidine groups is 1. The van der Waals surface area contributed by atoms with Crippen LogP contribution in [0.5, 0.6) is 0 Å². The molecule has 0 amide bonds. The number of nitrogens with one attached hydrogen (secondary N) is 1. The van der Waals surface area contributed by atoms with E-state index >= 15 is 0 Å². The van der Waals surface area contributed by atoms with Gasteiger partial charge in [-0.1, -0.05) is 25.7 Å². The van der Waals surface area contributed by atoms with Crippen molar-refractivity contribution >= 4 is 5.96 Å². The lowest BCUT2D eigenvalue weighted by molar-refractivity contribution is 0.0130. The number of aliphatic imine (C=N–C) groups is 1. The lowest BCUT2D eigenvalue weighted by Gasteiger charge is -2.31. The van der Waals surface area contributed by atoms with Gasteiger partial charge >= 0.3 is 0 Å². The molecule has 2 aliphatic heterocycles. The maximum absolute atomic E-state index is 10.7. The van der Waals surface area contributed by atoms with E-state index in [4.69, 9.17) is 4.99 Å². The first-order chi connectivity index (χ1) is 12.2. The summed E-state index contributed by atoms with van der Waals surface area (Å²) in [5.41, 5.74) is -0.564. The molecule has 2 N–H and O–H groups in total. The zero-order chi connectivity index (χ0) is 17.5. The highest BCUT2D eigenvalue weighted by molar-refractivity contribution is 5.80. The van der Waals surface area contributed by atoms with Crippen LogP contribution < -0.4 is 5.32 Å². The molecule has 1 atom stereocenters. The summed E-state index contributed by atoms with van der Waals surface area (Å²) in [6, 6.07) is 0. The van der Waals surface area contributed by atoms with Gasteiger partial charge in [-0.3, -0.25) is 4.99 Å². The van der Waals surface area contributed by atoms with Gasteiger partial charge < -0.3 is 20.2 Å². The van der Waals surface area contributed by atoms with Gasteiger partial charge in [-0.15, -0.1) is 0 Å². The lowest BCUT2D eigenvalue weighted by atomic mass is 9.85. The minimum absolute atomic E-state index is 0.558. The number of hydrogen-bond donors (Lipinski definition) is 2. The maximum atomic E-state index is 10.7. The third-order valence-corrected chi connectivity index (χ3v) is 6.19. The van der Waals surface area contributed by atoms with Gasteiger partial charge in [0.1, 0.15) is 0 Å². The van der Waals surface area contributed by atoms with Crippen LogP contribution in [0, 0.1) is 5.92 Å². The van der Waals surface area contributed by atoms with Gasteiger partial charge in [0.15, 0.2) is 5.96 Å². The number of aliphatic hydroxyl groups is 1. The van der Waals surface area contributed by atoms with E-state index in [2.05, 4.69) is 22.0 Å². The van der Waals surface area contributed by atoms with Crippen LogP contribution in [0.15, 0.2) is 4.99 Å². The highest BCUT2D eigenvalue weighted by Crippen LogP contribution is 2.28. The Balaban J connectivity index is 1.52. The second-order valence-electron chi connectivity index (χ2n) is 8.42. The Morgan fingerprint density at radius 3 is 2.52 bits per heavy atom. The standard InChI is InChI=1S/C20H38N4O/c1-2-21-19(22-17-20(25)10-5-3-6-11-20)24-14-9-18(16-24)15-23-12-7-4-8-13-23/h18,25H,2-17H2,1H3,(H,21,22). The molecule has 0 bridgehead atoms. The van der Waals surface area contributed by atoms with E-state index in [1.807, 2.05) is 0 Å². The Labute approximate surface area is 153 Å². The van der Waals surface area contributed by atoms with Crippen LogP contribution in [-0.4, -0.2) is 72.3 Å². The highest BCUT2D eigenvalue weighted by atomic mass is 16.3. The van der Waals surface area contributed by atoms with Crippen LogP contribution in [0.1, 0.15) is 64.7 Å². The molecule has 144 valence electrons. The van der Waals surface area contributed by atoms with Crippen LogP contribution in [0.3, 0.4) is 0 Å². The second-order valence-corrected chi connectivity index (χ2v) is 8.42. The fourth-order valence-electron chi connectivity index (χ4n) is 4.70. The van der Waals surface area contributed by atoms with Crippen molar-refractivity contribution < 1.29 is 5.11 Å². The molecule has 0 aromatic heterocycles. The van der Waals surface area contributed by atoms with Crippen molar-refractivity contribution in [1.29, 1.82) is 0 Å². The third kappa shape index (κ3) is 5.58. The first-order valence-electron chi connectivity index (χ1n) is 10.7. The number of hydrogen-bond acceptors (Lipinski definition) is 3. The largest absolute Gasteiger partial charge is 0.388 e. The lowest BCUT2D eigenvalue weighted by Crippen LogP contribution is -2.43. The van der Waals surface area contributed by atoms with Crippen LogP contribution in [0.25, 0.3) is 0 Å². The average molecular weight is 351 g/mol. The quantitative estimate of drug-likeness (QED) is 0.591. The smallest absolute Gasteiger partial charge is 0.194 e. The molecule has 0 radical (unpaired) electrons. The van der Waals surface area contributed by atoms with E-state index in [-0.39, 0.29) is 0 Å². The van der Waals surface area contributed by atoms with E-state index in [1.165, 1.54) is 51.7 Å². The molecule has 0 spiro atoms. The summed E-state index contributed by atoms with van der Waals surface area (Å²) >= 11 is 0. The number of nitrogens with zero attached hydrogens (tertiary/aromatic N) is 3. The Morgan fingerprint density at radius 1 is 1.08 bits per heavy atom. The topological polar surface area (TPSA) is 51.1 Å². The summed E-state index contributed by atoms with van der Waals surface area (Å²) in [5.74, 6) is 1.78. The molecule has 1 aliphatic carbocycles. The molecule has 25 heavy (non-hydrogen) atoms. The summed E-state index contributed by atoms with van der Waals surface area (Å²) in [5, 5.41) is 14.2. The first-order valence-corrected chi connectivity index (χ1v) is 10.7. The van der Waals surface area contributed by atoms with Crippen LogP contribution in [0.4, 0.5) is 0 Å². The first kappa shape index (κ1) is 19.0. The number of likely N-dealkylation sites (tertiary alicyclic amines) is 2. The van der Waals surface area contributed by atoms with Gasteiger partial charge in [-0.05, 0) is 58.0 Å². The van der Waals surface area contributed by atoms with Crippen molar-refractivity contribution in [3.8, 4) is 0 Å². The summed E-state index contributed by atoms with van der Waals surface area (Å²) in [7, 11) is 0. The van der Waals surface area contributed by atoms with E-state index < -0.39 is 5.60 Å². The Morgan fingerprint density at radius 2 is 1.80 bits per heavy atom. The van der Waals surface area contributed by atoms with Gasteiger partial charge in [-0.2, -0.15) is 0 Å². The molecular formula is C20H38N4O. The van der Waals surface area contributed by atoms with Crippen molar-refractivity contribution in [2.45, 2.75) is 70.3 Å². The minimum atomic E-state index is -0.564. The van der Waals surface area contributed by atoms with Crippen molar-refractivity contribution in [3.63, 3.8) is 0 Å². The Hall–Kier alpha value is -0.810. The zero-order valence-corrected chi connectivity index (χ0v) is 16.2. The molecule has 5 heteroatoms. The molecule has 2 heterocycles. The molecule has 1 unspecified atom stereocenters. The average Bonchev–Trinajstić information content (AvgIpc) is 3.08. The predicted molar refractivity (Wildman–Crippen MR) is 104 cm³/mol. The summed E-state index contributed by atoms with van der Waals surface area (Å²) in [6.07, 6.45) is 10.8. The van der Waals surface area contributed by atoms with Crippen molar-refractivity contribution in [3.05, 3.63) is 0 Å². The summed E-state index contributed by atoms with van der Waals surface area (Å²) < 4.78 is 0. The number of rotatable bonds is 5. The zero-order valence-electron chi connectivity index (χ0n) is 16.2. The van der Waals surface area contributed by atoms with Crippen LogP contribution >= 0.6 is 0 Å². The normalized spacial score (nSPS) is 28.3. The third-order valence-electron chi connectivity index (χ3n) is 6.19. The SMILES string of the molecule is CCNC(=NCC1(O)CCCCC1)N1CCC(CN2CCCCC2)C1. The van der Waals surface area contributed by atoms with Gasteiger partial charge in [-0.25, -0.2) is 0 Å².